The third-order valence-electron chi connectivity index (χ3n) is 11.9. The summed E-state index contributed by atoms with van der Waals surface area (Å²) in [5.74, 6) is 0.550. The van der Waals surface area contributed by atoms with Gasteiger partial charge in [-0.1, -0.05) is 103 Å². The smallest absolute Gasteiger partial charge is 0.266 e. The largest absolute Gasteiger partial charge is 0.411 e. The zero-order valence-electron chi connectivity index (χ0n) is 37.4. The van der Waals surface area contributed by atoms with Crippen molar-refractivity contribution in [3.63, 3.8) is 0 Å². The fourth-order valence-electron chi connectivity index (χ4n) is 8.66. The van der Waals surface area contributed by atoms with Gasteiger partial charge in [0.1, 0.15) is 9.79 Å². The number of oxime groups is 1. The van der Waals surface area contributed by atoms with E-state index in [4.69, 9.17) is 5.21 Å². The van der Waals surface area contributed by atoms with Crippen LogP contribution in [0, 0.1) is 11.8 Å². The van der Waals surface area contributed by atoms with Gasteiger partial charge >= 0.3 is 0 Å². The molecule has 2 aliphatic rings. The van der Waals surface area contributed by atoms with E-state index in [0.717, 1.165) is 75.6 Å². The number of piperidine rings is 2. The molecule has 2 aromatic heterocycles. The van der Waals surface area contributed by atoms with Crippen molar-refractivity contribution in [2.45, 2.75) is 48.8 Å². The number of hydrogen-bond donors (Lipinski definition) is 2. The maximum absolute atomic E-state index is 14.1. The van der Waals surface area contributed by atoms with Gasteiger partial charge in [-0.3, -0.25) is 18.6 Å². The Bertz CT molecular complexity index is 2840. The van der Waals surface area contributed by atoms with E-state index in [9.17, 15) is 16.8 Å². The maximum atomic E-state index is 14.1. The molecule has 0 spiro atoms. The van der Waals surface area contributed by atoms with Gasteiger partial charge in [0.25, 0.3) is 20.0 Å². The summed E-state index contributed by atoms with van der Waals surface area (Å²) in [6.07, 6.45) is 9.81. The molecule has 0 amide bonds. The summed E-state index contributed by atoms with van der Waals surface area (Å²) in [7, 11) is -7.54. The van der Waals surface area contributed by atoms with Gasteiger partial charge in [0.05, 0.1) is 22.4 Å². The highest BCUT2D eigenvalue weighted by molar-refractivity contribution is 7.93. The fourth-order valence-corrected chi connectivity index (χ4v) is 12.1. The van der Waals surface area contributed by atoms with Crippen molar-refractivity contribution in [1.29, 1.82) is 0 Å². The molecule has 2 aliphatic heterocycles. The quantitative estimate of drug-likeness (QED) is 0.0656. The van der Waals surface area contributed by atoms with Crippen molar-refractivity contribution in [1.82, 2.24) is 20.2 Å². The number of pyridine rings is 2. The Hall–Kier alpha value is -6.19. The van der Waals surface area contributed by atoms with Crippen LogP contribution < -0.4 is 13.9 Å². The molecule has 66 heavy (non-hydrogen) atoms. The van der Waals surface area contributed by atoms with E-state index in [2.05, 4.69) is 49.6 Å². The van der Waals surface area contributed by atoms with E-state index in [1.165, 1.54) is 11.8 Å². The SMILES string of the molecule is C/C=N/O.O=S(=O)(c1cccc2cccnc12)N(CC1CCCN(CCc2ccccc2)C1)c1ccccc1.O=S(=O)(c1cccc2cccnc12)N(CC1CCCNC1)c1ccccc1. The van der Waals surface area contributed by atoms with Gasteiger partial charge in [-0.2, -0.15) is 0 Å². The molecule has 0 saturated carbocycles. The van der Waals surface area contributed by atoms with Crippen LogP contribution in [0.3, 0.4) is 0 Å². The van der Waals surface area contributed by atoms with Gasteiger partial charge in [0.2, 0.25) is 0 Å². The average Bonchev–Trinajstić information content (AvgIpc) is 3.37. The summed E-state index contributed by atoms with van der Waals surface area (Å²) in [6, 6.07) is 47.5. The van der Waals surface area contributed by atoms with Crippen molar-refractivity contribution >= 4 is 59.4 Å². The second-order valence-electron chi connectivity index (χ2n) is 16.5. The first-order valence-corrected chi connectivity index (χ1v) is 25.5. The number of para-hydroxylation sites is 4. The van der Waals surface area contributed by atoms with Crippen molar-refractivity contribution in [3.8, 4) is 0 Å². The lowest BCUT2D eigenvalue weighted by Gasteiger charge is -2.36. The molecule has 2 saturated heterocycles. The molecule has 2 N–H and O–H groups in total. The third kappa shape index (κ3) is 12.2. The number of anilines is 2. The highest BCUT2D eigenvalue weighted by Crippen LogP contribution is 2.32. The molecule has 0 radical (unpaired) electrons. The lowest BCUT2D eigenvalue weighted by atomic mass is 9.97. The number of nitrogens with zero attached hydrogens (tertiary/aromatic N) is 6. The van der Waals surface area contributed by atoms with Crippen LogP contribution in [0.25, 0.3) is 21.8 Å². The molecule has 5 aromatic carbocycles. The minimum Gasteiger partial charge on any atom is -0.411 e. The highest BCUT2D eigenvalue weighted by Gasteiger charge is 2.32. The number of aromatic nitrogens is 2. The van der Waals surface area contributed by atoms with Gasteiger partial charge < -0.3 is 15.4 Å². The summed E-state index contributed by atoms with van der Waals surface area (Å²) in [6.45, 7) is 7.36. The van der Waals surface area contributed by atoms with Gasteiger partial charge in [0.15, 0.2) is 0 Å². The van der Waals surface area contributed by atoms with Crippen molar-refractivity contribution in [2.75, 3.05) is 54.4 Å². The van der Waals surface area contributed by atoms with Crippen LogP contribution >= 0.6 is 0 Å². The molecule has 14 heteroatoms. The van der Waals surface area contributed by atoms with Crippen LogP contribution in [-0.4, -0.2) is 88.9 Å². The first-order valence-electron chi connectivity index (χ1n) is 22.6. The van der Waals surface area contributed by atoms with E-state index < -0.39 is 20.0 Å². The highest BCUT2D eigenvalue weighted by atomic mass is 32.2. The molecule has 4 heterocycles. The monoisotopic (exact) mass is 925 g/mol. The van der Waals surface area contributed by atoms with E-state index >= 15 is 0 Å². The van der Waals surface area contributed by atoms with Crippen LogP contribution in [0.2, 0.25) is 0 Å². The average molecular weight is 926 g/mol. The molecule has 12 nitrogen and oxygen atoms in total. The molecule has 344 valence electrons. The van der Waals surface area contributed by atoms with Crippen LogP contribution in [0.4, 0.5) is 11.4 Å². The summed E-state index contributed by atoms with van der Waals surface area (Å²) >= 11 is 0. The Balaban J connectivity index is 0.000000187. The Labute approximate surface area is 389 Å². The molecule has 9 rings (SSSR count). The Morgan fingerprint density at radius 1 is 0.652 bits per heavy atom. The minimum absolute atomic E-state index is 0.258. The minimum atomic E-state index is -3.80. The first kappa shape index (κ1) is 47.8. The van der Waals surface area contributed by atoms with Crippen LogP contribution in [0.1, 0.15) is 38.2 Å². The van der Waals surface area contributed by atoms with E-state index in [1.807, 2.05) is 103 Å². The molecule has 2 fully saturated rings. The Morgan fingerprint density at radius 2 is 1.14 bits per heavy atom. The standard InChI is InChI=1S/C29H31N3O2S.C21H23N3O2S.C2H5NO/c33-35(34,28-17-7-13-26-14-8-19-30-29(26)28)32(27-15-5-2-6-16-27)23-25-12-9-20-31(22-25)21-18-24-10-3-1-4-11-24;25-27(26,20-12-4-8-18-9-6-14-23-21(18)20)24(19-10-2-1-3-11-19)16-17-7-5-13-22-15-17;1-2-3-4/h1-8,10-11,13-17,19,25H,9,12,18,20-23H2;1-4,6,8-12,14,17,22H,5,7,13,15-16H2;2,4H,1H3/b;;3-2+. The number of hydrogen-bond acceptors (Lipinski definition) is 10. The molecule has 7 aromatic rings. The Kier molecular flexibility index (Phi) is 16.9. The zero-order chi connectivity index (χ0) is 46.2. The second kappa shape index (κ2) is 23.3. The van der Waals surface area contributed by atoms with E-state index in [1.54, 1.807) is 52.2 Å². The van der Waals surface area contributed by atoms with Crippen LogP contribution in [-0.2, 0) is 26.5 Å². The number of likely N-dealkylation sites (tertiary alicyclic amines) is 1. The Morgan fingerprint density at radius 3 is 1.64 bits per heavy atom. The second-order valence-corrected chi connectivity index (χ2v) is 20.2. The zero-order valence-corrected chi connectivity index (χ0v) is 39.0. The summed E-state index contributed by atoms with van der Waals surface area (Å²) in [5.41, 5.74) is 3.76. The molecular formula is C52H59N7O5S2. The van der Waals surface area contributed by atoms with Gasteiger partial charge in [-0.05, 0) is 125 Å². The predicted octanol–water partition coefficient (Wildman–Crippen LogP) is 9.28. The number of sulfonamides is 2. The summed E-state index contributed by atoms with van der Waals surface area (Å²) < 4.78 is 58.7. The lowest BCUT2D eigenvalue weighted by molar-refractivity contribution is 0.180. The van der Waals surface area contributed by atoms with Crippen LogP contribution in [0.15, 0.2) is 179 Å². The number of benzene rings is 5. The fraction of sp³-hybridized carbons (Fsp3) is 0.288. The topological polar surface area (TPSA) is 148 Å². The van der Waals surface area contributed by atoms with Crippen LogP contribution in [0.5, 0.6) is 0 Å². The van der Waals surface area contributed by atoms with Crippen molar-refractivity contribution < 1.29 is 22.0 Å². The van der Waals surface area contributed by atoms with E-state index in [-0.39, 0.29) is 21.6 Å². The third-order valence-corrected chi connectivity index (χ3v) is 15.6. The van der Waals surface area contributed by atoms with Crippen molar-refractivity contribution in [2.24, 2.45) is 17.0 Å². The maximum Gasteiger partial charge on any atom is 0.266 e. The van der Waals surface area contributed by atoms with Crippen molar-refractivity contribution in [3.05, 3.63) is 170 Å². The number of fused-ring (bicyclic) bond motifs is 2. The molecule has 2 atom stereocenters. The summed E-state index contributed by atoms with van der Waals surface area (Å²) in [4.78, 5) is 11.8. The normalized spacial score (nSPS) is 16.7. The predicted molar refractivity (Wildman–Crippen MR) is 266 cm³/mol. The molecule has 0 bridgehead atoms. The van der Waals surface area contributed by atoms with Gasteiger partial charge in [-0.25, -0.2) is 16.8 Å². The first-order chi connectivity index (χ1) is 32.2. The van der Waals surface area contributed by atoms with E-state index in [0.29, 0.717) is 35.5 Å². The number of rotatable bonds is 13. The molecule has 0 aliphatic carbocycles. The molecule has 2 unspecified atom stereocenters. The lowest BCUT2D eigenvalue weighted by Crippen LogP contribution is -2.43. The molecular weight excluding hydrogens is 867 g/mol. The number of nitrogens with one attached hydrogen (secondary N) is 1. The summed E-state index contributed by atoms with van der Waals surface area (Å²) in [5, 5.41) is 15.1. The van der Waals surface area contributed by atoms with Gasteiger partial charge in [-0.15, -0.1) is 5.16 Å². The van der Waals surface area contributed by atoms with Gasteiger partial charge in [0, 0.05) is 55.6 Å².